The number of allylic oxidation sites excluding steroid dienone is 2. The molecule has 4 N–H and O–H groups in total. The van der Waals surface area contributed by atoms with E-state index in [0.29, 0.717) is 28.7 Å². The number of halogens is 1. The molecule has 5 nitrogen and oxygen atoms in total. The molecule has 0 fully saturated rings. The van der Waals surface area contributed by atoms with Crippen LogP contribution in [0.5, 0.6) is 0 Å². The molecule has 0 bridgehead atoms. The molecule has 0 saturated heterocycles. The van der Waals surface area contributed by atoms with Crippen molar-refractivity contribution in [3.8, 4) is 0 Å². The van der Waals surface area contributed by atoms with Crippen LogP contribution in [0.3, 0.4) is 0 Å². The molecule has 1 aromatic carbocycles. The van der Waals surface area contributed by atoms with Crippen molar-refractivity contribution in [2.75, 3.05) is 27.2 Å². The quantitative estimate of drug-likeness (QED) is 0.308. The molecule has 0 atom stereocenters. The number of likely N-dealkylation sites (N-methyl/N-ethyl adjacent to an activating group) is 1. The van der Waals surface area contributed by atoms with Gasteiger partial charge in [-0.3, -0.25) is 4.79 Å². The molecule has 0 aromatic heterocycles. The molecule has 132 valence electrons. The summed E-state index contributed by atoms with van der Waals surface area (Å²) in [6, 6.07) is 7.94. The monoisotopic (exact) mass is 395 g/mol. The molecule has 0 aliphatic carbocycles. The number of nitrogens with one attached hydrogen (secondary N) is 3. The van der Waals surface area contributed by atoms with Crippen molar-refractivity contribution in [2.45, 2.75) is 6.92 Å². The highest BCUT2D eigenvalue weighted by atomic mass is 79.9. The molecule has 24 heavy (non-hydrogen) atoms. The fraction of sp³-hybridized carbons (Fsp3) is 0.278. The Hall–Kier alpha value is -1.89. The first-order chi connectivity index (χ1) is 11.4. The first-order valence-corrected chi connectivity index (χ1v) is 8.21. The molecular formula is C18H26BrN3O2. The summed E-state index contributed by atoms with van der Waals surface area (Å²) in [5.41, 5.74) is 3.25. The van der Waals surface area contributed by atoms with E-state index in [9.17, 15) is 4.79 Å². The fourth-order valence-corrected chi connectivity index (χ4v) is 2.07. The van der Waals surface area contributed by atoms with Crippen LogP contribution < -0.4 is 16.0 Å². The summed E-state index contributed by atoms with van der Waals surface area (Å²) in [5, 5.41) is 16.9. The minimum Gasteiger partial charge on any atom is -0.395 e. The van der Waals surface area contributed by atoms with Gasteiger partial charge >= 0.3 is 0 Å². The van der Waals surface area contributed by atoms with Crippen LogP contribution in [-0.2, 0) is 4.79 Å². The van der Waals surface area contributed by atoms with Crippen LogP contribution in [0.4, 0.5) is 0 Å². The number of benzene rings is 1. The summed E-state index contributed by atoms with van der Waals surface area (Å²) >= 11 is 3.33. The molecule has 0 saturated carbocycles. The summed E-state index contributed by atoms with van der Waals surface area (Å²) in [7, 11) is 3.56. The fourth-order valence-electron chi connectivity index (χ4n) is 1.68. The van der Waals surface area contributed by atoms with E-state index in [1.807, 2.05) is 31.2 Å². The van der Waals surface area contributed by atoms with Crippen LogP contribution in [0.15, 0.2) is 53.3 Å². The van der Waals surface area contributed by atoms with E-state index >= 15 is 0 Å². The summed E-state index contributed by atoms with van der Waals surface area (Å²) in [6.45, 7) is 10.6. The summed E-state index contributed by atoms with van der Waals surface area (Å²) in [4.78, 5) is 10.7. The maximum absolute atomic E-state index is 10.7. The largest absolute Gasteiger partial charge is 0.395 e. The van der Waals surface area contributed by atoms with Gasteiger partial charge in [0, 0.05) is 30.4 Å². The minimum absolute atomic E-state index is 0.233. The second kappa shape index (κ2) is 12.5. The molecule has 0 unspecified atom stereocenters. The highest BCUT2D eigenvalue weighted by Crippen LogP contribution is 2.20. The Kier molecular flexibility index (Phi) is 11.5. The van der Waals surface area contributed by atoms with Crippen LogP contribution >= 0.6 is 15.9 Å². The van der Waals surface area contributed by atoms with Crippen molar-refractivity contribution in [1.29, 1.82) is 0 Å². The molecule has 0 radical (unpaired) electrons. The Labute approximate surface area is 152 Å². The highest BCUT2D eigenvalue weighted by molar-refractivity contribution is 9.12. The van der Waals surface area contributed by atoms with Crippen LogP contribution in [0, 0.1) is 6.92 Å². The van der Waals surface area contributed by atoms with Gasteiger partial charge in [0.05, 0.1) is 11.1 Å². The third-order valence-corrected chi connectivity index (χ3v) is 3.91. The van der Waals surface area contributed by atoms with Gasteiger partial charge in [-0.2, -0.15) is 0 Å². The minimum atomic E-state index is 0.233. The van der Waals surface area contributed by atoms with Gasteiger partial charge < -0.3 is 21.1 Å². The number of hydrogen-bond acceptors (Lipinski definition) is 5. The summed E-state index contributed by atoms with van der Waals surface area (Å²) in [5.74, 6) is 0.644. The van der Waals surface area contributed by atoms with Crippen molar-refractivity contribution in [3.63, 3.8) is 0 Å². The second-order valence-electron chi connectivity index (χ2n) is 4.83. The number of aliphatic hydroxyl groups is 1. The highest BCUT2D eigenvalue weighted by Gasteiger charge is 2.09. The van der Waals surface area contributed by atoms with Crippen LogP contribution in [-0.4, -0.2) is 38.6 Å². The summed E-state index contributed by atoms with van der Waals surface area (Å²) < 4.78 is 0.583. The van der Waals surface area contributed by atoms with E-state index < -0.39 is 0 Å². The van der Waals surface area contributed by atoms with E-state index in [4.69, 9.17) is 5.11 Å². The van der Waals surface area contributed by atoms with E-state index in [1.54, 1.807) is 14.1 Å². The third kappa shape index (κ3) is 7.59. The van der Waals surface area contributed by atoms with E-state index in [2.05, 4.69) is 45.0 Å². The number of aldehydes is 1. The predicted molar refractivity (Wildman–Crippen MR) is 105 cm³/mol. The molecule has 0 amide bonds. The SMILES string of the molecule is C=C(C=O)/C(Br)=C(\NC)NC(=C)c1ccccc1C.CNCCO. The van der Waals surface area contributed by atoms with Crippen molar-refractivity contribution in [2.24, 2.45) is 0 Å². The summed E-state index contributed by atoms with van der Waals surface area (Å²) in [6.07, 6.45) is 0.694. The molecule has 1 rings (SSSR count). The lowest BCUT2D eigenvalue weighted by Crippen LogP contribution is -2.23. The van der Waals surface area contributed by atoms with Crippen molar-refractivity contribution in [3.05, 3.63) is 64.4 Å². The van der Waals surface area contributed by atoms with Gasteiger partial charge in [0.15, 0.2) is 6.29 Å². The van der Waals surface area contributed by atoms with Gasteiger partial charge in [0.2, 0.25) is 0 Å². The van der Waals surface area contributed by atoms with Crippen LogP contribution in [0.25, 0.3) is 5.70 Å². The van der Waals surface area contributed by atoms with Crippen LogP contribution in [0.2, 0.25) is 0 Å². The zero-order chi connectivity index (χ0) is 18.5. The normalized spacial score (nSPS) is 10.7. The van der Waals surface area contributed by atoms with Gasteiger partial charge in [0.25, 0.3) is 0 Å². The molecule has 6 heteroatoms. The van der Waals surface area contributed by atoms with Crippen molar-refractivity contribution >= 4 is 27.9 Å². The van der Waals surface area contributed by atoms with Gasteiger partial charge in [-0.1, -0.05) is 37.4 Å². The maximum atomic E-state index is 10.7. The second-order valence-corrected chi connectivity index (χ2v) is 5.62. The zero-order valence-corrected chi connectivity index (χ0v) is 16.0. The Balaban J connectivity index is 0.000000922. The predicted octanol–water partition coefficient (Wildman–Crippen LogP) is 2.29. The Morgan fingerprint density at radius 3 is 2.33 bits per heavy atom. The number of hydrogen-bond donors (Lipinski definition) is 4. The number of aryl methyl sites for hydroxylation is 1. The lowest BCUT2D eigenvalue weighted by molar-refractivity contribution is -0.104. The third-order valence-electron chi connectivity index (χ3n) is 3.00. The topological polar surface area (TPSA) is 73.4 Å². The molecular weight excluding hydrogens is 370 g/mol. The van der Waals surface area contributed by atoms with E-state index in [1.165, 1.54) is 0 Å². The zero-order valence-electron chi connectivity index (χ0n) is 14.4. The Morgan fingerprint density at radius 2 is 1.92 bits per heavy atom. The smallest absolute Gasteiger partial charge is 0.150 e. The van der Waals surface area contributed by atoms with Crippen molar-refractivity contribution < 1.29 is 9.90 Å². The van der Waals surface area contributed by atoms with Gasteiger partial charge in [-0.05, 0) is 35.5 Å². The lowest BCUT2D eigenvalue weighted by atomic mass is 10.1. The standard InChI is InChI=1S/C15H17BrN2O.C3H9NO/c1-10-7-5-6-8-13(10)12(3)18-15(17-4)14(16)11(2)9-19;1-4-2-3-5/h5-9,17-18H,2-3H2,1,4H3;4-5H,2-3H2,1H3/b15-14-;. The van der Waals surface area contributed by atoms with Crippen molar-refractivity contribution in [1.82, 2.24) is 16.0 Å². The maximum Gasteiger partial charge on any atom is 0.150 e. The molecule has 0 spiro atoms. The first-order valence-electron chi connectivity index (χ1n) is 7.42. The average molecular weight is 396 g/mol. The van der Waals surface area contributed by atoms with Gasteiger partial charge in [-0.15, -0.1) is 0 Å². The lowest BCUT2D eigenvalue weighted by Gasteiger charge is -2.16. The molecule has 0 heterocycles. The number of carbonyl (C=O) groups excluding carboxylic acids is 1. The van der Waals surface area contributed by atoms with Gasteiger partial charge in [0.1, 0.15) is 5.82 Å². The Bertz CT molecular complexity index is 596. The van der Waals surface area contributed by atoms with Crippen LogP contribution in [0.1, 0.15) is 11.1 Å². The van der Waals surface area contributed by atoms with Gasteiger partial charge in [-0.25, -0.2) is 0 Å². The molecule has 0 aliphatic rings. The average Bonchev–Trinajstić information content (AvgIpc) is 2.59. The molecule has 1 aromatic rings. The number of aliphatic hydroxyl groups excluding tert-OH is 1. The Morgan fingerprint density at radius 1 is 1.29 bits per heavy atom. The first kappa shape index (κ1) is 22.1. The molecule has 0 aliphatic heterocycles. The number of carbonyl (C=O) groups is 1. The van der Waals surface area contributed by atoms with E-state index in [-0.39, 0.29) is 6.61 Å². The van der Waals surface area contributed by atoms with E-state index in [0.717, 1.165) is 16.8 Å². The number of rotatable bonds is 8.